The lowest BCUT2D eigenvalue weighted by Gasteiger charge is -2.13. The predicted octanol–water partition coefficient (Wildman–Crippen LogP) is 4.50. The molecule has 0 spiro atoms. The lowest BCUT2D eigenvalue weighted by molar-refractivity contribution is -0.146. The fourth-order valence-corrected chi connectivity index (χ4v) is 2.66. The van der Waals surface area contributed by atoms with Crippen LogP contribution in [0.3, 0.4) is 0 Å². The number of hydrogen-bond acceptors (Lipinski definition) is 4. The van der Waals surface area contributed by atoms with Crippen molar-refractivity contribution in [2.45, 2.75) is 103 Å². The Morgan fingerprint density at radius 1 is 0.958 bits per heavy atom. The number of nitrogens with two attached hydrogens (primary N) is 1. The second-order valence-electron chi connectivity index (χ2n) is 6.52. The zero-order valence-electron chi connectivity index (χ0n) is 15.8. The molecule has 1 unspecified atom stereocenters. The molecule has 2 atom stereocenters. The van der Waals surface area contributed by atoms with Crippen LogP contribution in [0.25, 0.3) is 0 Å². The van der Waals surface area contributed by atoms with Crippen molar-refractivity contribution in [3.63, 3.8) is 0 Å². The highest BCUT2D eigenvalue weighted by Crippen LogP contribution is 2.12. The Balaban J connectivity index is 3.44. The van der Waals surface area contributed by atoms with Gasteiger partial charge in [-0.2, -0.15) is 0 Å². The van der Waals surface area contributed by atoms with Crippen LogP contribution in [-0.4, -0.2) is 29.8 Å². The van der Waals surface area contributed by atoms with Crippen molar-refractivity contribution in [3.8, 4) is 0 Å². The number of esters is 1. The minimum atomic E-state index is -0.987. The van der Waals surface area contributed by atoms with E-state index < -0.39 is 18.1 Å². The second kappa shape index (κ2) is 17.0. The molecule has 0 radical (unpaired) electrons. The van der Waals surface area contributed by atoms with E-state index in [1.54, 1.807) is 13.0 Å². The maximum atomic E-state index is 11.4. The average molecular weight is 344 g/mol. The van der Waals surface area contributed by atoms with Gasteiger partial charge in [-0.1, -0.05) is 83.3 Å². The maximum Gasteiger partial charge on any atom is 0.325 e. The molecule has 142 valence electrons. The van der Waals surface area contributed by atoms with Crippen LogP contribution in [0.1, 0.15) is 90.9 Å². The van der Waals surface area contributed by atoms with Crippen molar-refractivity contribution in [2.24, 2.45) is 5.73 Å². The number of aliphatic hydroxyl groups is 1. The highest BCUT2D eigenvalue weighted by molar-refractivity contribution is 5.76. The number of carbonyl (C=O) groups excluding carboxylic acids is 1. The summed E-state index contributed by atoms with van der Waals surface area (Å²) in [5.74, 6) is -0.552. The first-order valence-electron chi connectivity index (χ1n) is 9.90. The fourth-order valence-electron chi connectivity index (χ4n) is 2.66. The number of unbranched alkanes of at least 4 members (excludes halogenated alkanes) is 11. The largest absolute Gasteiger partial charge is 0.465 e. The molecule has 24 heavy (non-hydrogen) atoms. The summed E-state index contributed by atoms with van der Waals surface area (Å²) >= 11 is 0. The van der Waals surface area contributed by atoms with E-state index >= 15 is 0 Å². The average Bonchev–Trinajstić information content (AvgIpc) is 2.58. The van der Waals surface area contributed by atoms with Gasteiger partial charge >= 0.3 is 5.97 Å². The van der Waals surface area contributed by atoms with Crippen molar-refractivity contribution in [1.29, 1.82) is 0 Å². The number of carbonyl (C=O) groups is 1. The van der Waals surface area contributed by atoms with E-state index in [4.69, 9.17) is 10.5 Å². The van der Waals surface area contributed by atoms with Gasteiger partial charge in [-0.05, 0) is 19.8 Å². The van der Waals surface area contributed by atoms with Crippen molar-refractivity contribution >= 4 is 5.97 Å². The summed E-state index contributed by atoms with van der Waals surface area (Å²) in [6.45, 7) is 4.26. The molecule has 0 fully saturated rings. The number of allylic oxidation sites excluding steroid dienone is 1. The first-order chi connectivity index (χ1) is 11.6. The Morgan fingerprint density at radius 3 is 1.96 bits per heavy atom. The maximum absolute atomic E-state index is 11.4. The van der Waals surface area contributed by atoms with Crippen molar-refractivity contribution < 1.29 is 14.6 Å². The molecule has 0 aliphatic carbocycles. The van der Waals surface area contributed by atoms with Gasteiger partial charge in [0.05, 0.1) is 12.7 Å². The van der Waals surface area contributed by atoms with E-state index in [1.807, 2.05) is 6.08 Å². The standard InChI is InChI=1S/C20H39NO3/c1-3-5-6-7-8-9-10-11-12-13-14-15-16-17-18(22)19(21)20(23)24-4-2/h16-19,22H,3-15,21H2,1-2H3/b17-16+/t18-,19?/m1/s1/i19+1,20+1. The van der Waals surface area contributed by atoms with Gasteiger partial charge in [0.25, 0.3) is 0 Å². The molecule has 4 nitrogen and oxygen atoms in total. The van der Waals surface area contributed by atoms with Gasteiger partial charge in [0.2, 0.25) is 0 Å². The topological polar surface area (TPSA) is 72.5 Å². The summed E-state index contributed by atoms with van der Waals surface area (Å²) in [6.07, 6.45) is 18.1. The first-order valence-corrected chi connectivity index (χ1v) is 9.90. The smallest absolute Gasteiger partial charge is 0.325 e. The van der Waals surface area contributed by atoms with Crippen LogP contribution >= 0.6 is 0 Å². The molecule has 0 saturated heterocycles. The number of aliphatic hydroxyl groups excluding tert-OH is 1. The van der Waals surface area contributed by atoms with Crippen molar-refractivity contribution in [3.05, 3.63) is 12.2 Å². The summed E-state index contributed by atoms with van der Waals surface area (Å²) in [5.41, 5.74) is 5.62. The summed E-state index contributed by atoms with van der Waals surface area (Å²) in [7, 11) is 0. The molecular formula is C20H39NO3. The van der Waals surface area contributed by atoms with E-state index in [1.165, 1.54) is 64.2 Å². The van der Waals surface area contributed by atoms with Crippen LogP contribution in [0.5, 0.6) is 0 Å². The van der Waals surface area contributed by atoms with Crippen LogP contribution in [0, 0.1) is 0 Å². The molecule has 0 aliphatic rings. The molecule has 0 rings (SSSR count). The van der Waals surface area contributed by atoms with Gasteiger partial charge in [-0.3, -0.25) is 4.79 Å². The zero-order valence-corrected chi connectivity index (χ0v) is 15.8. The summed E-state index contributed by atoms with van der Waals surface area (Å²) < 4.78 is 4.79. The molecule has 0 bridgehead atoms. The Hall–Kier alpha value is -0.870. The first kappa shape index (κ1) is 23.1. The normalized spacial score (nSPS) is 14.0. The van der Waals surface area contributed by atoms with Gasteiger partial charge in [-0.15, -0.1) is 0 Å². The van der Waals surface area contributed by atoms with E-state index in [2.05, 4.69) is 6.92 Å². The van der Waals surface area contributed by atoms with Crippen LogP contribution in [0.15, 0.2) is 12.2 Å². The monoisotopic (exact) mass is 343 g/mol. The molecule has 0 aromatic heterocycles. The Kier molecular flexibility index (Phi) is 16.4. The Morgan fingerprint density at radius 2 is 1.46 bits per heavy atom. The SMILES string of the molecule is CCCCCCCCCCCCC/C=C/[C@@H](O)[13CH](N)[13C](=O)OCC. The Labute approximate surface area is 148 Å². The zero-order chi connectivity index (χ0) is 18.0. The lowest BCUT2D eigenvalue weighted by atomic mass is 10.1. The lowest BCUT2D eigenvalue weighted by Crippen LogP contribution is -2.42. The summed E-state index contributed by atoms with van der Waals surface area (Å²) in [6, 6.07) is -0.987. The molecule has 4 heteroatoms. The Bertz CT molecular complexity index is 318. The van der Waals surface area contributed by atoms with Gasteiger partial charge in [0.1, 0.15) is 6.04 Å². The summed E-state index contributed by atoms with van der Waals surface area (Å²) in [4.78, 5) is 11.4. The van der Waals surface area contributed by atoms with E-state index in [9.17, 15) is 9.90 Å². The van der Waals surface area contributed by atoms with Crippen LogP contribution in [0.4, 0.5) is 0 Å². The molecule has 0 aliphatic heterocycles. The third kappa shape index (κ3) is 13.6. The minimum absolute atomic E-state index is 0.279. The molecule has 0 amide bonds. The second-order valence-corrected chi connectivity index (χ2v) is 6.52. The van der Waals surface area contributed by atoms with Gasteiger partial charge in [0.15, 0.2) is 0 Å². The van der Waals surface area contributed by atoms with Crippen molar-refractivity contribution in [2.75, 3.05) is 6.61 Å². The predicted molar refractivity (Wildman–Crippen MR) is 101 cm³/mol. The molecular weight excluding hydrogens is 304 g/mol. The molecule has 3 N–H and O–H groups in total. The minimum Gasteiger partial charge on any atom is -0.465 e. The molecule has 0 heterocycles. The van der Waals surface area contributed by atoms with Crippen LogP contribution in [0.2, 0.25) is 0 Å². The molecule has 0 saturated carbocycles. The van der Waals surface area contributed by atoms with E-state index in [0.29, 0.717) is 0 Å². The molecule has 0 aromatic carbocycles. The van der Waals surface area contributed by atoms with Crippen molar-refractivity contribution in [1.82, 2.24) is 0 Å². The van der Waals surface area contributed by atoms with E-state index in [-0.39, 0.29) is 6.61 Å². The van der Waals surface area contributed by atoms with Gasteiger partial charge in [0, 0.05) is 0 Å². The van der Waals surface area contributed by atoms with Crippen LogP contribution < -0.4 is 5.73 Å². The molecule has 0 aromatic rings. The third-order valence-corrected chi connectivity index (χ3v) is 4.23. The number of ether oxygens (including phenoxy) is 1. The highest BCUT2D eigenvalue weighted by Gasteiger charge is 2.21. The fraction of sp³-hybridized carbons (Fsp3) is 0.850. The van der Waals surface area contributed by atoms with E-state index in [0.717, 1.165) is 12.8 Å². The summed E-state index contributed by atoms with van der Waals surface area (Å²) in [5, 5.41) is 9.78. The van der Waals surface area contributed by atoms with Gasteiger partial charge in [-0.25, -0.2) is 0 Å². The quantitative estimate of drug-likeness (QED) is 0.187. The van der Waals surface area contributed by atoms with Gasteiger partial charge < -0.3 is 15.6 Å². The number of hydrogen-bond donors (Lipinski definition) is 2. The third-order valence-electron chi connectivity index (χ3n) is 4.23. The number of rotatable bonds is 16. The van der Waals surface area contributed by atoms with Crippen LogP contribution in [-0.2, 0) is 9.53 Å². The highest BCUT2D eigenvalue weighted by atomic mass is 16.6.